The maximum atomic E-state index is 12.5. The molecule has 1 fully saturated rings. The molecule has 0 amide bonds. The van der Waals surface area contributed by atoms with Crippen LogP contribution in [0.3, 0.4) is 0 Å². The number of benzene rings is 2. The number of pyridine rings is 1. The molecule has 0 bridgehead atoms. The average molecular weight is 522 g/mol. The maximum Gasteiger partial charge on any atom is 0.336 e. The minimum atomic E-state index is -0.999. The molecule has 2 aromatic heterocycles. The van der Waals surface area contributed by atoms with Crippen molar-refractivity contribution in [3.8, 4) is 16.3 Å². The monoisotopic (exact) mass is 521 g/mol. The number of nitrogens with zero attached hydrogens (tertiary/aromatic N) is 1. The summed E-state index contributed by atoms with van der Waals surface area (Å²) in [5.41, 5.74) is 3.26. The van der Waals surface area contributed by atoms with Gasteiger partial charge in [-0.1, -0.05) is 24.3 Å². The number of aromatic nitrogens is 1. The first-order valence-corrected chi connectivity index (χ1v) is 13.6. The van der Waals surface area contributed by atoms with Gasteiger partial charge in [-0.2, -0.15) is 0 Å². The summed E-state index contributed by atoms with van der Waals surface area (Å²) in [6, 6.07) is 13.7. The Morgan fingerprint density at radius 2 is 1.95 bits per heavy atom. The van der Waals surface area contributed by atoms with E-state index in [-0.39, 0.29) is 17.8 Å². The predicted molar refractivity (Wildman–Crippen MR) is 147 cm³/mol. The number of aromatic carboxylic acids is 1. The third-order valence-electron chi connectivity index (χ3n) is 7.60. The van der Waals surface area contributed by atoms with Crippen LogP contribution in [0.25, 0.3) is 31.6 Å². The third kappa shape index (κ3) is 5.07. The molecule has 2 aromatic carbocycles. The van der Waals surface area contributed by atoms with Crippen LogP contribution in [-0.4, -0.2) is 41.5 Å². The first kappa shape index (κ1) is 25.6. The lowest BCUT2D eigenvalue weighted by Gasteiger charge is -2.37. The normalized spacial score (nSPS) is 19.9. The molecule has 5 nitrogen and oxygen atoms in total. The van der Waals surface area contributed by atoms with Crippen LogP contribution in [0.2, 0.25) is 0 Å². The van der Waals surface area contributed by atoms with E-state index in [1.54, 1.807) is 17.4 Å². The Labute approximate surface area is 220 Å². The Hall–Kier alpha value is -3.03. The molecular formula is C30H32FNO4S. The molecule has 2 heterocycles. The van der Waals surface area contributed by atoms with Gasteiger partial charge < -0.3 is 14.6 Å². The number of carboxylic acids is 1. The Kier molecular flexibility index (Phi) is 7.19. The van der Waals surface area contributed by atoms with Gasteiger partial charge in [-0.15, -0.1) is 11.3 Å². The number of alkyl halides is 1. The lowest BCUT2D eigenvalue weighted by molar-refractivity contribution is -0.0707. The van der Waals surface area contributed by atoms with E-state index < -0.39 is 12.6 Å². The summed E-state index contributed by atoms with van der Waals surface area (Å²) in [6.07, 6.45) is 3.56. The van der Waals surface area contributed by atoms with Crippen LogP contribution in [0, 0.1) is 19.8 Å². The summed E-state index contributed by atoms with van der Waals surface area (Å²) in [7, 11) is 0. The second-order valence-corrected chi connectivity index (χ2v) is 11.3. The zero-order chi connectivity index (χ0) is 26.2. The quantitative estimate of drug-likeness (QED) is 0.257. The third-order valence-corrected chi connectivity index (χ3v) is 8.89. The fourth-order valence-corrected chi connectivity index (χ4v) is 6.53. The predicted octanol–water partition coefficient (Wildman–Crippen LogP) is 7.75. The molecule has 0 aliphatic heterocycles. The number of aryl methyl sites for hydroxylation is 2. The molecule has 0 radical (unpaired) electrons. The van der Waals surface area contributed by atoms with Gasteiger partial charge in [0.15, 0.2) is 0 Å². The summed E-state index contributed by atoms with van der Waals surface area (Å²) in [5, 5.41) is 11.9. The fourth-order valence-electron chi connectivity index (χ4n) is 5.36. The van der Waals surface area contributed by atoms with Crippen LogP contribution in [0.5, 0.6) is 5.75 Å². The van der Waals surface area contributed by atoms with E-state index in [4.69, 9.17) is 14.5 Å². The van der Waals surface area contributed by atoms with Crippen LogP contribution >= 0.6 is 11.3 Å². The summed E-state index contributed by atoms with van der Waals surface area (Å²) in [6.45, 7) is 6.23. The van der Waals surface area contributed by atoms with Crippen molar-refractivity contribution < 1.29 is 23.8 Å². The zero-order valence-corrected chi connectivity index (χ0v) is 22.3. The van der Waals surface area contributed by atoms with Crippen molar-refractivity contribution in [3.05, 3.63) is 59.2 Å². The molecule has 0 saturated heterocycles. The number of carbonyl (C=O) groups is 1. The highest BCUT2D eigenvalue weighted by Gasteiger charge is 2.32. The molecule has 0 unspecified atom stereocenters. The Morgan fingerprint density at radius 1 is 1.19 bits per heavy atom. The van der Waals surface area contributed by atoms with Gasteiger partial charge in [0.1, 0.15) is 12.4 Å². The van der Waals surface area contributed by atoms with E-state index in [9.17, 15) is 14.3 Å². The van der Waals surface area contributed by atoms with Gasteiger partial charge in [-0.25, -0.2) is 14.2 Å². The van der Waals surface area contributed by atoms with Gasteiger partial charge in [0.2, 0.25) is 0 Å². The van der Waals surface area contributed by atoms with Crippen LogP contribution < -0.4 is 4.74 Å². The van der Waals surface area contributed by atoms with Gasteiger partial charge in [-0.3, -0.25) is 0 Å². The second-order valence-electron chi connectivity index (χ2n) is 10.3. The zero-order valence-electron chi connectivity index (χ0n) is 21.5. The summed E-state index contributed by atoms with van der Waals surface area (Å²) >= 11 is 1.63. The Morgan fingerprint density at radius 3 is 2.65 bits per heavy atom. The van der Waals surface area contributed by atoms with Crippen molar-refractivity contribution in [2.45, 2.75) is 52.1 Å². The number of halogens is 1. The van der Waals surface area contributed by atoms with Gasteiger partial charge in [0.25, 0.3) is 0 Å². The molecule has 1 N–H and O–H groups in total. The van der Waals surface area contributed by atoms with Crippen molar-refractivity contribution in [1.82, 2.24) is 4.98 Å². The highest BCUT2D eigenvalue weighted by Crippen LogP contribution is 2.41. The van der Waals surface area contributed by atoms with E-state index in [0.29, 0.717) is 34.9 Å². The Bertz CT molecular complexity index is 1460. The smallest absolute Gasteiger partial charge is 0.336 e. The summed E-state index contributed by atoms with van der Waals surface area (Å²) in [4.78, 5) is 18.4. The second kappa shape index (κ2) is 10.4. The largest absolute Gasteiger partial charge is 0.493 e. The summed E-state index contributed by atoms with van der Waals surface area (Å²) < 4.78 is 25.7. The highest BCUT2D eigenvalue weighted by atomic mass is 32.1. The molecule has 194 valence electrons. The number of thiophene rings is 1. The van der Waals surface area contributed by atoms with Gasteiger partial charge in [0.05, 0.1) is 45.9 Å². The first-order valence-electron chi connectivity index (χ1n) is 12.8. The van der Waals surface area contributed by atoms with Crippen molar-refractivity contribution in [1.29, 1.82) is 0 Å². The van der Waals surface area contributed by atoms with Crippen molar-refractivity contribution in [2.24, 2.45) is 5.92 Å². The minimum absolute atomic E-state index is 0.140. The molecular weight excluding hydrogens is 489 g/mol. The SMILES string of the molecule is Cc1c(-c2cc(C(=O)O)c3c(OC[C@H]4CC[C@](C)(OCCF)CC4)ccc(C)c3n2)sc2ccccc12. The molecule has 5 rings (SSSR count). The number of rotatable bonds is 8. The van der Waals surface area contributed by atoms with Gasteiger partial charge in [-0.05, 0) is 87.1 Å². The number of carboxylic acid groups (broad SMARTS) is 1. The number of fused-ring (bicyclic) bond motifs is 2. The minimum Gasteiger partial charge on any atom is -0.493 e. The topological polar surface area (TPSA) is 68.7 Å². The lowest BCUT2D eigenvalue weighted by atomic mass is 9.80. The van der Waals surface area contributed by atoms with E-state index in [2.05, 4.69) is 19.1 Å². The van der Waals surface area contributed by atoms with Crippen LogP contribution in [0.4, 0.5) is 4.39 Å². The summed E-state index contributed by atoms with van der Waals surface area (Å²) in [5.74, 6) is -0.117. The van der Waals surface area contributed by atoms with Crippen molar-refractivity contribution >= 4 is 38.3 Å². The van der Waals surface area contributed by atoms with E-state index >= 15 is 0 Å². The van der Waals surface area contributed by atoms with Crippen molar-refractivity contribution in [2.75, 3.05) is 19.9 Å². The van der Waals surface area contributed by atoms with Crippen LogP contribution in [0.15, 0.2) is 42.5 Å². The molecule has 1 aliphatic carbocycles. The van der Waals surface area contributed by atoms with E-state index in [0.717, 1.165) is 51.8 Å². The lowest BCUT2D eigenvalue weighted by Crippen LogP contribution is -2.36. The molecule has 0 atom stereocenters. The number of hydrogen-bond acceptors (Lipinski definition) is 5. The molecule has 0 spiro atoms. The van der Waals surface area contributed by atoms with E-state index in [1.807, 2.05) is 38.1 Å². The average Bonchev–Trinajstić information content (AvgIpc) is 3.24. The van der Waals surface area contributed by atoms with E-state index in [1.165, 1.54) is 0 Å². The molecule has 1 aliphatic rings. The highest BCUT2D eigenvalue weighted by molar-refractivity contribution is 7.22. The molecule has 4 aromatic rings. The fraction of sp³-hybridized carbons (Fsp3) is 0.400. The number of hydrogen-bond donors (Lipinski definition) is 1. The standard InChI is InChI=1S/C30H32FNO4S/c1-18-8-9-24(35-17-20-10-12-30(3,13-11-20)36-15-14-31)26-22(29(33)34)16-23(32-27(18)26)28-19(2)21-6-4-5-7-25(21)37-28/h4-9,16,20H,10-15,17H2,1-3H3,(H,33,34)/t20-,30-. The van der Waals surface area contributed by atoms with Crippen LogP contribution in [-0.2, 0) is 4.74 Å². The first-order chi connectivity index (χ1) is 17.8. The molecule has 37 heavy (non-hydrogen) atoms. The van der Waals surface area contributed by atoms with Crippen LogP contribution in [0.1, 0.15) is 54.1 Å². The van der Waals surface area contributed by atoms with Crippen molar-refractivity contribution in [3.63, 3.8) is 0 Å². The van der Waals surface area contributed by atoms with Gasteiger partial charge in [0, 0.05) is 4.70 Å². The molecule has 1 saturated carbocycles. The van der Waals surface area contributed by atoms with Gasteiger partial charge >= 0.3 is 5.97 Å². The molecule has 7 heteroatoms. The maximum absolute atomic E-state index is 12.5. The Balaban J connectivity index is 1.46. The number of ether oxygens (including phenoxy) is 2.